The lowest BCUT2D eigenvalue weighted by atomic mass is 10.0. The van der Waals surface area contributed by atoms with E-state index in [-0.39, 0.29) is 23.4 Å². The average Bonchev–Trinajstić information content (AvgIpc) is 2.37. The molecular weight excluding hydrogens is 287 g/mol. The molecule has 0 aliphatic heterocycles. The van der Waals surface area contributed by atoms with Crippen LogP contribution in [0.25, 0.3) is 10.9 Å². The third kappa shape index (κ3) is 2.82. The van der Waals surface area contributed by atoms with Crippen LogP contribution in [0.4, 0.5) is 13.2 Å². The number of hydrogen-bond donors (Lipinski definition) is 1. The number of benzene rings is 1. The summed E-state index contributed by atoms with van der Waals surface area (Å²) in [6.45, 7) is 1.45. The topological polar surface area (TPSA) is 59.4 Å². The molecule has 1 N–H and O–H groups in total. The summed E-state index contributed by atoms with van der Waals surface area (Å²) in [4.78, 5) is 15.3. The summed E-state index contributed by atoms with van der Waals surface area (Å²) in [5.41, 5.74) is -0.292. The Balaban J connectivity index is 2.76. The molecule has 0 saturated heterocycles. The van der Waals surface area contributed by atoms with Gasteiger partial charge in [-0.05, 0) is 24.6 Å². The summed E-state index contributed by atoms with van der Waals surface area (Å²) in [6.07, 6.45) is -4.48. The molecule has 2 aromatic rings. The lowest BCUT2D eigenvalue weighted by Gasteiger charge is -2.13. The van der Waals surface area contributed by atoms with Gasteiger partial charge in [0.2, 0.25) is 0 Å². The first kappa shape index (κ1) is 15.2. The van der Waals surface area contributed by atoms with Gasteiger partial charge in [0.15, 0.2) is 0 Å². The van der Waals surface area contributed by atoms with Crippen LogP contribution in [-0.2, 0) is 17.5 Å². The molecule has 0 aliphatic rings. The molecule has 0 spiro atoms. The van der Waals surface area contributed by atoms with Gasteiger partial charge < -0.3 is 9.84 Å². The number of ether oxygens (including phenoxy) is 1. The first-order valence-electron chi connectivity index (χ1n) is 5.98. The minimum atomic E-state index is -4.48. The van der Waals surface area contributed by atoms with Gasteiger partial charge in [-0.3, -0.25) is 0 Å². The third-order valence-electron chi connectivity index (χ3n) is 3.14. The predicted octanol–water partition coefficient (Wildman–Crippen LogP) is 3.41. The molecule has 1 heterocycles. The van der Waals surface area contributed by atoms with Crippen molar-refractivity contribution in [1.82, 2.24) is 4.98 Å². The molecule has 0 amide bonds. The van der Waals surface area contributed by atoms with Crippen molar-refractivity contribution in [2.75, 3.05) is 7.11 Å². The SMILES string of the molecule is COCc1nc2cc(C(F)(F)F)ccc2c(C)c1C(=O)O. The van der Waals surface area contributed by atoms with Crippen LogP contribution >= 0.6 is 0 Å². The zero-order valence-corrected chi connectivity index (χ0v) is 11.3. The number of methoxy groups -OCH3 is 1. The van der Waals surface area contributed by atoms with Gasteiger partial charge in [0.25, 0.3) is 0 Å². The van der Waals surface area contributed by atoms with E-state index < -0.39 is 17.7 Å². The number of aryl methyl sites for hydroxylation is 1. The maximum atomic E-state index is 12.7. The molecule has 0 unspecified atom stereocenters. The summed E-state index contributed by atoms with van der Waals surface area (Å²) in [5.74, 6) is -1.19. The van der Waals surface area contributed by atoms with Crippen molar-refractivity contribution in [2.45, 2.75) is 19.7 Å². The summed E-state index contributed by atoms with van der Waals surface area (Å²) in [5, 5.41) is 9.62. The molecular formula is C14H12F3NO3. The predicted molar refractivity (Wildman–Crippen MR) is 69.2 cm³/mol. The zero-order chi connectivity index (χ0) is 15.8. The minimum Gasteiger partial charge on any atom is -0.478 e. The van der Waals surface area contributed by atoms with Crippen LogP contribution in [-0.4, -0.2) is 23.2 Å². The fourth-order valence-electron chi connectivity index (χ4n) is 2.19. The Labute approximate surface area is 118 Å². The van der Waals surface area contributed by atoms with E-state index in [1.54, 1.807) is 6.92 Å². The van der Waals surface area contributed by atoms with Crippen molar-refractivity contribution in [3.8, 4) is 0 Å². The number of aromatic nitrogens is 1. The first-order chi connectivity index (χ1) is 9.75. The van der Waals surface area contributed by atoms with Gasteiger partial charge in [-0.2, -0.15) is 13.2 Å². The Morgan fingerprint density at radius 3 is 2.57 bits per heavy atom. The molecule has 2 rings (SSSR count). The van der Waals surface area contributed by atoms with E-state index in [9.17, 15) is 23.1 Å². The highest BCUT2D eigenvalue weighted by Crippen LogP contribution is 2.32. The summed E-state index contributed by atoms with van der Waals surface area (Å²) < 4.78 is 43.0. The largest absolute Gasteiger partial charge is 0.478 e. The van der Waals surface area contributed by atoms with Crippen LogP contribution in [0, 0.1) is 6.92 Å². The zero-order valence-electron chi connectivity index (χ0n) is 11.3. The van der Waals surface area contributed by atoms with Gasteiger partial charge in [-0.1, -0.05) is 6.07 Å². The van der Waals surface area contributed by atoms with Crippen molar-refractivity contribution in [1.29, 1.82) is 0 Å². The van der Waals surface area contributed by atoms with E-state index >= 15 is 0 Å². The fraction of sp³-hybridized carbons (Fsp3) is 0.286. The number of hydrogen-bond acceptors (Lipinski definition) is 3. The normalized spacial score (nSPS) is 11.9. The van der Waals surface area contributed by atoms with Gasteiger partial charge in [0, 0.05) is 12.5 Å². The van der Waals surface area contributed by atoms with Crippen LogP contribution in [0.1, 0.15) is 27.2 Å². The van der Waals surface area contributed by atoms with E-state index in [2.05, 4.69) is 4.98 Å². The van der Waals surface area contributed by atoms with E-state index in [1.165, 1.54) is 13.2 Å². The smallest absolute Gasteiger partial charge is 0.416 e. The number of alkyl halides is 3. The second-order valence-corrected chi connectivity index (χ2v) is 4.53. The molecule has 0 saturated carbocycles. The molecule has 1 aromatic carbocycles. The number of carboxylic acids is 1. The van der Waals surface area contributed by atoms with Gasteiger partial charge >= 0.3 is 12.1 Å². The highest BCUT2D eigenvalue weighted by Gasteiger charge is 2.31. The second-order valence-electron chi connectivity index (χ2n) is 4.53. The number of aromatic carboxylic acids is 1. The monoisotopic (exact) mass is 299 g/mol. The second kappa shape index (κ2) is 5.33. The van der Waals surface area contributed by atoms with E-state index in [0.29, 0.717) is 10.9 Å². The van der Waals surface area contributed by atoms with Crippen LogP contribution < -0.4 is 0 Å². The molecule has 4 nitrogen and oxygen atoms in total. The van der Waals surface area contributed by atoms with Crippen LogP contribution in [0.5, 0.6) is 0 Å². The molecule has 112 valence electrons. The van der Waals surface area contributed by atoms with Gasteiger partial charge in [0.1, 0.15) is 0 Å². The molecule has 0 bridgehead atoms. The number of rotatable bonds is 3. The van der Waals surface area contributed by atoms with Gasteiger partial charge in [0.05, 0.1) is 28.9 Å². The van der Waals surface area contributed by atoms with Crippen molar-refractivity contribution in [2.24, 2.45) is 0 Å². The molecule has 0 atom stereocenters. The molecule has 0 aliphatic carbocycles. The third-order valence-corrected chi connectivity index (χ3v) is 3.14. The van der Waals surface area contributed by atoms with E-state index in [1.807, 2.05) is 0 Å². The quantitative estimate of drug-likeness (QED) is 0.943. The van der Waals surface area contributed by atoms with Gasteiger partial charge in [-0.25, -0.2) is 9.78 Å². The van der Waals surface area contributed by atoms with Crippen molar-refractivity contribution < 1.29 is 27.8 Å². The Morgan fingerprint density at radius 2 is 2.05 bits per heavy atom. The number of nitrogens with zero attached hydrogens (tertiary/aromatic N) is 1. The Hall–Kier alpha value is -2.15. The van der Waals surface area contributed by atoms with E-state index in [4.69, 9.17) is 4.74 Å². The molecule has 1 aromatic heterocycles. The van der Waals surface area contributed by atoms with Gasteiger partial charge in [-0.15, -0.1) is 0 Å². The fourth-order valence-corrected chi connectivity index (χ4v) is 2.19. The number of halogens is 3. The number of pyridine rings is 1. The summed E-state index contributed by atoms with van der Waals surface area (Å²) >= 11 is 0. The molecule has 21 heavy (non-hydrogen) atoms. The summed E-state index contributed by atoms with van der Waals surface area (Å²) in [6, 6.07) is 3.06. The highest BCUT2D eigenvalue weighted by molar-refractivity contribution is 5.97. The van der Waals surface area contributed by atoms with Crippen molar-refractivity contribution >= 4 is 16.9 Å². The van der Waals surface area contributed by atoms with Crippen LogP contribution in [0.2, 0.25) is 0 Å². The van der Waals surface area contributed by atoms with Crippen LogP contribution in [0.3, 0.4) is 0 Å². The summed E-state index contributed by atoms with van der Waals surface area (Å²) in [7, 11) is 1.36. The molecule has 7 heteroatoms. The Morgan fingerprint density at radius 1 is 1.38 bits per heavy atom. The average molecular weight is 299 g/mol. The molecule has 0 fully saturated rings. The lowest BCUT2D eigenvalue weighted by Crippen LogP contribution is -2.10. The van der Waals surface area contributed by atoms with Crippen LogP contribution in [0.15, 0.2) is 18.2 Å². The Bertz CT molecular complexity index is 711. The van der Waals surface area contributed by atoms with Crippen molar-refractivity contribution in [3.63, 3.8) is 0 Å². The molecule has 0 radical (unpaired) electrons. The lowest BCUT2D eigenvalue weighted by molar-refractivity contribution is -0.137. The minimum absolute atomic E-state index is 0.0379. The number of fused-ring (bicyclic) bond motifs is 1. The van der Waals surface area contributed by atoms with E-state index in [0.717, 1.165) is 12.1 Å². The maximum Gasteiger partial charge on any atom is 0.416 e. The highest BCUT2D eigenvalue weighted by atomic mass is 19.4. The maximum absolute atomic E-state index is 12.7. The first-order valence-corrected chi connectivity index (χ1v) is 5.98. The Kier molecular flexibility index (Phi) is 3.87. The van der Waals surface area contributed by atoms with Crippen molar-refractivity contribution in [3.05, 3.63) is 40.6 Å². The number of carboxylic acid groups (broad SMARTS) is 1. The number of carbonyl (C=O) groups is 1. The standard InChI is InChI=1S/C14H12F3NO3/c1-7-9-4-3-8(14(15,16)17)5-10(9)18-11(6-21-2)12(7)13(19)20/h3-5H,6H2,1-2H3,(H,19,20).